The molecule has 0 spiro atoms. The summed E-state index contributed by atoms with van der Waals surface area (Å²) in [5, 5.41) is 3.11. The third-order valence-electron chi connectivity index (χ3n) is 3.63. The van der Waals surface area contributed by atoms with Crippen molar-refractivity contribution in [1.29, 1.82) is 0 Å². The molecule has 0 radical (unpaired) electrons. The Bertz CT molecular complexity index is 867. The van der Waals surface area contributed by atoms with Crippen LogP contribution in [0, 0.1) is 0 Å². The Morgan fingerprint density at radius 2 is 2.19 bits per heavy atom. The molecule has 0 aliphatic rings. The summed E-state index contributed by atoms with van der Waals surface area (Å²) in [6, 6.07) is 7.64. The minimum absolute atomic E-state index is 0.510. The van der Waals surface area contributed by atoms with E-state index in [1.54, 1.807) is 31.8 Å². The van der Waals surface area contributed by atoms with Crippen molar-refractivity contribution < 1.29 is 9.15 Å². The van der Waals surface area contributed by atoms with Gasteiger partial charge < -0.3 is 14.5 Å². The van der Waals surface area contributed by atoms with Crippen molar-refractivity contribution in [3.63, 3.8) is 0 Å². The summed E-state index contributed by atoms with van der Waals surface area (Å²) in [6.07, 6.45) is 12.5. The van der Waals surface area contributed by atoms with E-state index in [0.29, 0.717) is 24.0 Å². The number of aromatic nitrogens is 2. The fraction of sp³-hybridized carbons (Fsp3) is 0.182. The molecule has 5 nitrogen and oxygen atoms in total. The summed E-state index contributed by atoms with van der Waals surface area (Å²) in [7, 11) is 1.80. The third kappa shape index (κ3) is 5.57. The number of ether oxygens (including phenoxy) is 1. The van der Waals surface area contributed by atoms with Gasteiger partial charge in [-0.15, -0.1) is 0 Å². The number of rotatable bonds is 7. The summed E-state index contributed by atoms with van der Waals surface area (Å²) in [6.45, 7) is 8.27. The first kappa shape index (κ1) is 20.0. The SMILES string of the molecule is C=C/C(=C\C=C/C)c1ncccc(-c2ccoc2)cc(OCC)c(NC)n1. The van der Waals surface area contributed by atoms with E-state index in [9.17, 15) is 0 Å². The molecule has 2 heterocycles. The number of nitrogens with zero attached hydrogens (tertiary/aromatic N) is 2. The second-order valence-corrected chi connectivity index (χ2v) is 5.43. The van der Waals surface area contributed by atoms with Crippen LogP contribution >= 0.6 is 0 Å². The molecule has 2 aromatic rings. The first-order chi connectivity index (χ1) is 13.2. The zero-order valence-electron chi connectivity index (χ0n) is 16.0. The predicted octanol–water partition coefficient (Wildman–Crippen LogP) is 5.45. The zero-order chi connectivity index (χ0) is 19.5. The van der Waals surface area contributed by atoms with E-state index in [2.05, 4.69) is 21.9 Å². The van der Waals surface area contributed by atoms with Crippen molar-refractivity contribution in [3.05, 3.63) is 79.7 Å². The highest BCUT2D eigenvalue weighted by Crippen LogP contribution is 2.27. The molecule has 0 aliphatic carbocycles. The van der Waals surface area contributed by atoms with Crippen molar-refractivity contribution >= 4 is 11.4 Å². The molecule has 0 bridgehead atoms. The minimum atomic E-state index is 0.510. The molecule has 140 valence electrons. The van der Waals surface area contributed by atoms with Gasteiger partial charge in [-0.3, -0.25) is 0 Å². The molecule has 5 heteroatoms. The molecule has 0 atom stereocenters. The van der Waals surface area contributed by atoms with E-state index in [1.165, 1.54) is 0 Å². The van der Waals surface area contributed by atoms with Crippen LogP contribution in [0.4, 0.5) is 5.82 Å². The number of furan rings is 1. The number of anilines is 1. The summed E-state index contributed by atoms with van der Waals surface area (Å²) in [4.78, 5) is 9.18. The van der Waals surface area contributed by atoms with E-state index in [0.717, 1.165) is 16.7 Å². The van der Waals surface area contributed by atoms with Crippen LogP contribution < -0.4 is 10.1 Å². The van der Waals surface area contributed by atoms with E-state index in [4.69, 9.17) is 9.15 Å². The van der Waals surface area contributed by atoms with Crippen LogP contribution in [-0.4, -0.2) is 23.6 Å². The minimum Gasteiger partial charge on any atom is -0.490 e. The van der Waals surface area contributed by atoms with E-state index in [-0.39, 0.29) is 0 Å². The van der Waals surface area contributed by atoms with Crippen LogP contribution in [0.25, 0.3) is 16.7 Å². The lowest BCUT2D eigenvalue weighted by molar-refractivity contribution is 0.341. The summed E-state index contributed by atoms with van der Waals surface area (Å²) >= 11 is 0. The first-order valence-electron chi connectivity index (χ1n) is 8.77. The van der Waals surface area contributed by atoms with Crippen molar-refractivity contribution in [2.24, 2.45) is 0 Å². The molecule has 0 amide bonds. The normalized spacial score (nSPS) is 11.1. The average Bonchev–Trinajstić information content (AvgIpc) is 3.22. The van der Waals surface area contributed by atoms with Gasteiger partial charge in [0.1, 0.15) is 0 Å². The molecule has 0 saturated heterocycles. The fourth-order valence-electron chi connectivity index (χ4n) is 2.33. The first-order valence-corrected chi connectivity index (χ1v) is 8.77. The molecule has 27 heavy (non-hydrogen) atoms. The van der Waals surface area contributed by atoms with Gasteiger partial charge in [0.05, 0.1) is 19.1 Å². The number of allylic oxidation sites excluding steroid dienone is 5. The topological polar surface area (TPSA) is 60.2 Å². The highest BCUT2D eigenvalue weighted by molar-refractivity contribution is 5.71. The Kier molecular flexibility index (Phi) is 7.85. The molecular formula is C22H25N3O2. The summed E-state index contributed by atoms with van der Waals surface area (Å²) in [5.74, 6) is 1.73. The molecule has 0 aromatic carbocycles. The quantitative estimate of drug-likeness (QED) is 0.663. The van der Waals surface area contributed by atoms with Crippen LogP contribution in [0.3, 0.4) is 0 Å². The van der Waals surface area contributed by atoms with Gasteiger partial charge in [-0.05, 0) is 37.6 Å². The van der Waals surface area contributed by atoms with Gasteiger partial charge in [-0.2, -0.15) is 0 Å². The Morgan fingerprint density at radius 1 is 1.33 bits per heavy atom. The standard InChI is InChI=1S/C22H25N3O2/c1-5-8-10-17(6-2)21-24-13-9-11-18(19-12-14-26-16-19)15-20(27-7-3)22(23-4)25-21/h5-6,8-16H,2,7H2,1,3-4H3,(H,23,24,25)/b8-5-,17-10+. The van der Waals surface area contributed by atoms with Crippen LogP contribution in [0.5, 0.6) is 5.75 Å². The second kappa shape index (κ2) is 10.6. The van der Waals surface area contributed by atoms with Gasteiger partial charge in [0.2, 0.25) is 0 Å². The highest BCUT2D eigenvalue weighted by Gasteiger charge is 2.07. The molecule has 0 unspecified atom stereocenters. The van der Waals surface area contributed by atoms with Gasteiger partial charge >= 0.3 is 0 Å². The maximum atomic E-state index is 5.85. The van der Waals surface area contributed by atoms with E-state index in [1.807, 2.05) is 56.3 Å². The van der Waals surface area contributed by atoms with Gasteiger partial charge in [-0.25, -0.2) is 9.97 Å². The second-order valence-electron chi connectivity index (χ2n) is 5.43. The Labute approximate surface area is 160 Å². The molecule has 2 aromatic heterocycles. The van der Waals surface area contributed by atoms with Gasteiger partial charge in [0.25, 0.3) is 0 Å². The maximum absolute atomic E-state index is 5.85. The molecule has 1 N–H and O–H groups in total. The van der Waals surface area contributed by atoms with Gasteiger partial charge in [-0.1, -0.05) is 36.9 Å². The van der Waals surface area contributed by atoms with Crippen molar-refractivity contribution in [1.82, 2.24) is 9.97 Å². The van der Waals surface area contributed by atoms with Crippen molar-refractivity contribution in [2.45, 2.75) is 13.8 Å². The Hall–Kier alpha value is -3.34. The fourth-order valence-corrected chi connectivity index (χ4v) is 2.33. The number of hydrogen-bond acceptors (Lipinski definition) is 5. The average molecular weight is 363 g/mol. The molecule has 2 rings (SSSR count). The lowest BCUT2D eigenvalue weighted by atomic mass is 10.1. The van der Waals surface area contributed by atoms with Gasteiger partial charge in [0, 0.05) is 24.4 Å². The monoisotopic (exact) mass is 363 g/mol. The molecular weight excluding hydrogens is 338 g/mol. The lowest BCUT2D eigenvalue weighted by Gasteiger charge is -2.09. The van der Waals surface area contributed by atoms with Crippen LogP contribution in [0.1, 0.15) is 19.7 Å². The van der Waals surface area contributed by atoms with Gasteiger partial charge in [0.15, 0.2) is 17.4 Å². The molecule has 0 saturated carbocycles. The summed E-state index contributed by atoms with van der Waals surface area (Å²) < 4.78 is 11.1. The molecule has 0 aliphatic heterocycles. The summed E-state index contributed by atoms with van der Waals surface area (Å²) in [5.41, 5.74) is 2.68. The highest BCUT2D eigenvalue weighted by atomic mass is 16.5. The number of hydrogen-bond donors (Lipinski definition) is 1. The van der Waals surface area contributed by atoms with Crippen molar-refractivity contribution in [3.8, 4) is 16.9 Å². The zero-order valence-corrected chi connectivity index (χ0v) is 16.0. The van der Waals surface area contributed by atoms with E-state index < -0.39 is 0 Å². The Morgan fingerprint density at radius 3 is 2.81 bits per heavy atom. The van der Waals surface area contributed by atoms with Crippen molar-refractivity contribution in [2.75, 3.05) is 19.0 Å². The van der Waals surface area contributed by atoms with Crippen LogP contribution in [0.2, 0.25) is 0 Å². The maximum Gasteiger partial charge on any atom is 0.170 e. The smallest absolute Gasteiger partial charge is 0.170 e. The predicted molar refractivity (Wildman–Crippen MR) is 111 cm³/mol. The Balaban J connectivity index is 2.76. The third-order valence-corrected chi connectivity index (χ3v) is 3.63. The molecule has 0 fully saturated rings. The largest absolute Gasteiger partial charge is 0.490 e. The van der Waals surface area contributed by atoms with Crippen LogP contribution in [0.15, 0.2) is 78.3 Å². The van der Waals surface area contributed by atoms with Crippen LogP contribution in [-0.2, 0) is 0 Å². The van der Waals surface area contributed by atoms with E-state index >= 15 is 0 Å². The number of nitrogens with one attached hydrogen (secondary N) is 1. The lowest BCUT2D eigenvalue weighted by Crippen LogP contribution is -2.01.